The van der Waals surface area contributed by atoms with E-state index in [1.807, 2.05) is 6.92 Å². The Bertz CT molecular complexity index is 174. The Labute approximate surface area is 59.4 Å². The zero-order chi connectivity index (χ0) is 7.72. The van der Waals surface area contributed by atoms with Gasteiger partial charge in [-0.2, -0.15) is 0 Å². The van der Waals surface area contributed by atoms with Crippen LogP contribution in [0.5, 0.6) is 0 Å². The number of hydrogen-bond acceptors (Lipinski definition) is 3. The quantitative estimate of drug-likeness (QED) is 0.393. The summed E-state index contributed by atoms with van der Waals surface area (Å²) >= 11 is 0. The maximum absolute atomic E-state index is 10.8. The Kier molecular flexibility index (Phi) is 1.74. The molecule has 0 spiro atoms. The lowest BCUT2D eigenvalue weighted by molar-refractivity contribution is -0.144. The second-order valence-corrected chi connectivity index (χ2v) is 2.70. The number of carbonyl (C=O) groups is 2. The third-order valence-electron chi connectivity index (χ3n) is 1.75. The molecule has 0 aromatic heterocycles. The molecule has 1 heterocycles. The van der Waals surface area contributed by atoms with Gasteiger partial charge in [0.15, 0.2) is 0 Å². The van der Waals surface area contributed by atoms with E-state index in [0.29, 0.717) is 6.61 Å². The van der Waals surface area contributed by atoms with Gasteiger partial charge < -0.3 is 4.74 Å². The van der Waals surface area contributed by atoms with Crippen LogP contribution >= 0.6 is 0 Å². The van der Waals surface area contributed by atoms with Crippen LogP contribution in [0.1, 0.15) is 13.8 Å². The van der Waals surface area contributed by atoms with E-state index in [-0.39, 0.29) is 17.7 Å². The monoisotopic (exact) mass is 142 g/mol. The fourth-order valence-corrected chi connectivity index (χ4v) is 1.20. The molecule has 0 aliphatic carbocycles. The van der Waals surface area contributed by atoms with E-state index in [4.69, 9.17) is 0 Å². The summed E-state index contributed by atoms with van der Waals surface area (Å²) in [6, 6.07) is 0. The first kappa shape index (κ1) is 7.25. The van der Waals surface area contributed by atoms with E-state index in [2.05, 4.69) is 4.74 Å². The molecule has 3 heteroatoms. The molecule has 0 N–H and O–H groups in total. The standard InChI is InChI=1S/C7H10O3/c1-4-3-10-7(9)6(4)5(2)8/h4,6H,3H2,1-2H3/t4-,6-/m1/s1. The van der Waals surface area contributed by atoms with Crippen LogP contribution in [0.4, 0.5) is 0 Å². The number of rotatable bonds is 1. The lowest BCUT2D eigenvalue weighted by atomic mass is 9.94. The van der Waals surface area contributed by atoms with Crippen molar-refractivity contribution in [2.75, 3.05) is 6.61 Å². The van der Waals surface area contributed by atoms with Crippen molar-refractivity contribution in [3.8, 4) is 0 Å². The minimum absolute atomic E-state index is 0.0602. The maximum atomic E-state index is 10.8. The van der Waals surface area contributed by atoms with E-state index < -0.39 is 5.92 Å². The van der Waals surface area contributed by atoms with Crippen molar-refractivity contribution >= 4 is 11.8 Å². The first-order valence-corrected chi connectivity index (χ1v) is 3.30. The van der Waals surface area contributed by atoms with Gasteiger partial charge in [-0.15, -0.1) is 0 Å². The van der Waals surface area contributed by atoms with Crippen molar-refractivity contribution in [1.82, 2.24) is 0 Å². The Balaban J connectivity index is 2.72. The average molecular weight is 142 g/mol. The molecule has 0 unspecified atom stereocenters. The molecule has 0 radical (unpaired) electrons. The topological polar surface area (TPSA) is 43.4 Å². The Morgan fingerprint density at radius 2 is 2.30 bits per heavy atom. The van der Waals surface area contributed by atoms with Crippen LogP contribution in [0.3, 0.4) is 0 Å². The highest BCUT2D eigenvalue weighted by molar-refractivity contribution is 5.99. The Hall–Kier alpha value is -0.860. The summed E-state index contributed by atoms with van der Waals surface area (Å²) in [5.41, 5.74) is 0. The zero-order valence-electron chi connectivity index (χ0n) is 6.09. The normalized spacial score (nSPS) is 32.0. The van der Waals surface area contributed by atoms with Crippen LogP contribution in [-0.4, -0.2) is 18.4 Å². The molecular formula is C7H10O3. The summed E-state index contributed by atoms with van der Waals surface area (Å²) in [7, 11) is 0. The number of carbonyl (C=O) groups excluding carboxylic acids is 2. The van der Waals surface area contributed by atoms with E-state index in [1.54, 1.807) is 0 Å². The van der Waals surface area contributed by atoms with Gasteiger partial charge in [0.25, 0.3) is 0 Å². The molecular weight excluding hydrogens is 132 g/mol. The van der Waals surface area contributed by atoms with Crippen LogP contribution in [0.25, 0.3) is 0 Å². The first-order valence-electron chi connectivity index (χ1n) is 3.30. The maximum Gasteiger partial charge on any atom is 0.316 e. The molecule has 2 atom stereocenters. The van der Waals surface area contributed by atoms with Crippen molar-refractivity contribution in [3.63, 3.8) is 0 Å². The second kappa shape index (κ2) is 2.40. The van der Waals surface area contributed by atoms with Crippen LogP contribution < -0.4 is 0 Å². The van der Waals surface area contributed by atoms with E-state index in [9.17, 15) is 9.59 Å². The molecule has 1 aliphatic rings. The summed E-state index contributed by atoms with van der Waals surface area (Å²) < 4.78 is 4.68. The second-order valence-electron chi connectivity index (χ2n) is 2.70. The number of hydrogen-bond donors (Lipinski definition) is 0. The third-order valence-corrected chi connectivity index (χ3v) is 1.75. The predicted octanol–water partition coefficient (Wildman–Crippen LogP) is 0.384. The number of cyclic esters (lactones) is 1. The van der Waals surface area contributed by atoms with Crippen molar-refractivity contribution in [1.29, 1.82) is 0 Å². The molecule has 1 aliphatic heterocycles. The van der Waals surface area contributed by atoms with Crippen LogP contribution in [0, 0.1) is 11.8 Å². The smallest absolute Gasteiger partial charge is 0.316 e. The molecule has 0 amide bonds. The van der Waals surface area contributed by atoms with Crippen molar-refractivity contribution in [2.45, 2.75) is 13.8 Å². The molecule has 0 aromatic rings. The van der Waals surface area contributed by atoms with Crippen molar-refractivity contribution in [3.05, 3.63) is 0 Å². The zero-order valence-corrected chi connectivity index (χ0v) is 6.09. The lowest BCUT2D eigenvalue weighted by Gasteiger charge is -2.03. The van der Waals surface area contributed by atoms with Gasteiger partial charge >= 0.3 is 5.97 Å². The number of Topliss-reactive ketones (excluding diaryl/α,β-unsaturated/α-hetero) is 1. The van der Waals surface area contributed by atoms with Gasteiger partial charge in [0.05, 0.1) is 6.61 Å². The van der Waals surface area contributed by atoms with E-state index in [0.717, 1.165) is 0 Å². The molecule has 0 saturated carbocycles. The Morgan fingerprint density at radius 3 is 2.50 bits per heavy atom. The van der Waals surface area contributed by atoms with Gasteiger partial charge in [-0.1, -0.05) is 6.92 Å². The largest absolute Gasteiger partial charge is 0.465 e. The number of ketones is 1. The van der Waals surface area contributed by atoms with E-state index >= 15 is 0 Å². The summed E-state index contributed by atoms with van der Waals surface area (Å²) in [6.07, 6.45) is 0. The highest BCUT2D eigenvalue weighted by Crippen LogP contribution is 2.21. The van der Waals surface area contributed by atoms with Gasteiger partial charge in [-0.3, -0.25) is 9.59 Å². The Morgan fingerprint density at radius 1 is 1.70 bits per heavy atom. The molecule has 1 rings (SSSR count). The fourth-order valence-electron chi connectivity index (χ4n) is 1.20. The molecule has 10 heavy (non-hydrogen) atoms. The molecule has 1 fully saturated rings. The number of ether oxygens (including phenoxy) is 1. The fraction of sp³-hybridized carbons (Fsp3) is 0.714. The molecule has 56 valence electrons. The molecule has 0 aromatic carbocycles. The highest BCUT2D eigenvalue weighted by atomic mass is 16.5. The SMILES string of the molecule is CC(=O)[C@@H]1C(=O)OC[C@H]1C. The summed E-state index contributed by atoms with van der Waals surface area (Å²) in [5.74, 6) is -0.889. The van der Waals surface area contributed by atoms with Gasteiger partial charge in [0.2, 0.25) is 0 Å². The minimum Gasteiger partial charge on any atom is -0.465 e. The van der Waals surface area contributed by atoms with Crippen molar-refractivity contribution in [2.24, 2.45) is 11.8 Å². The minimum atomic E-state index is -0.500. The summed E-state index contributed by atoms with van der Waals surface area (Å²) in [4.78, 5) is 21.5. The third kappa shape index (κ3) is 1.03. The molecule has 1 saturated heterocycles. The highest BCUT2D eigenvalue weighted by Gasteiger charge is 2.36. The molecule has 3 nitrogen and oxygen atoms in total. The lowest BCUT2D eigenvalue weighted by Crippen LogP contribution is -2.21. The van der Waals surface area contributed by atoms with Crippen molar-refractivity contribution < 1.29 is 14.3 Å². The van der Waals surface area contributed by atoms with Gasteiger partial charge in [-0.25, -0.2) is 0 Å². The summed E-state index contributed by atoms with van der Waals surface area (Å²) in [6.45, 7) is 3.66. The number of esters is 1. The van der Waals surface area contributed by atoms with Crippen LogP contribution in [0.2, 0.25) is 0 Å². The summed E-state index contributed by atoms with van der Waals surface area (Å²) in [5, 5.41) is 0. The van der Waals surface area contributed by atoms with Gasteiger partial charge in [-0.05, 0) is 6.92 Å². The first-order chi connectivity index (χ1) is 4.63. The van der Waals surface area contributed by atoms with Gasteiger partial charge in [0, 0.05) is 5.92 Å². The van der Waals surface area contributed by atoms with Gasteiger partial charge in [0.1, 0.15) is 11.7 Å². The van der Waals surface area contributed by atoms with Crippen LogP contribution in [0.15, 0.2) is 0 Å². The van der Waals surface area contributed by atoms with E-state index in [1.165, 1.54) is 6.92 Å². The molecule has 0 bridgehead atoms. The predicted molar refractivity (Wildman–Crippen MR) is 34.3 cm³/mol. The van der Waals surface area contributed by atoms with Crippen LogP contribution in [-0.2, 0) is 14.3 Å². The average Bonchev–Trinajstić information content (AvgIpc) is 2.11.